The monoisotopic (exact) mass is 441 g/mol. The van der Waals surface area contributed by atoms with Crippen LogP contribution in [0.5, 0.6) is 5.75 Å². The lowest BCUT2D eigenvalue weighted by atomic mass is 9.93. The molecule has 0 saturated carbocycles. The molecular formula is C20H25Cl2N3O4. The Labute approximate surface area is 182 Å². The smallest absolute Gasteiger partial charge is 0.341 e. The van der Waals surface area contributed by atoms with Crippen molar-refractivity contribution in [2.75, 3.05) is 29.9 Å². The van der Waals surface area contributed by atoms with E-state index in [-0.39, 0.29) is 37.3 Å². The molecule has 1 aromatic heterocycles. The number of carboxylic acids is 1. The summed E-state index contributed by atoms with van der Waals surface area (Å²) in [5.74, 6) is -0.195. The molecule has 0 unspecified atom stereocenters. The molecule has 0 spiro atoms. The quantitative estimate of drug-likeness (QED) is 0.681. The van der Waals surface area contributed by atoms with Crippen LogP contribution in [0.25, 0.3) is 0 Å². The maximum atomic E-state index is 12.3. The number of anilines is 2. The summed E-state index contributed by atoms with van der Waals surface area (Å²) in [5, 5.41) is 11.5. The SMILES string of the molecule is Cl.Cl.O=C(O)COc1ccc(NC(=O)CC2CCN(c3ccncc3)CC2)cc1. The number of amides is 1. The van der Waals surface area contributed by atoms with Gasteiger partial charge in [-0.1, -0.05) is 0 Å². The van der Waals surface area contributed by atoms with Gasteiger partial charge in [-0.3, -0.25) is 9.78 Å². The molecule has 1 fully saturated rings. The number of halogens is 2. The number of hydrogen-bond acceptors (Lipinski definition) is 5. The zero-order valence-corrected chi connectivity index (χ0v) is 17.5. The number of pyridine rings is 1. The van der Waals surface area contributed by atoms with Crippen molar-refractivity contribution in [3.63, 3.8) is 0 Å². The van der Waals surface area contributed by atoms with Gasteiger partial charge in [-0.05, 0) is 55.2 Å². The van der Waals surface area contributed by atoms with Gasteiger partial charge in [0, 0.05) is 43.3 Å². The second-order valence-corrected chi connectivity index (χ2v) is 6.59. The topological polar surface area (TPSA) is 91.8 Å². The predicted octanol–water partition coefficient (Wildman–Crippen LogP) is 3.63. The van der Waals surface area contributed by atoms with Crippen LogP contribution in [0.15, 0.2) is 48.8 Å². The number of benzene rings is 1. The van der Waals surface area contributed by atoms with Crippen LogP contribution in [-0.4, -0.2) is 41.7 Å². The summed E-state index contributed by atoms with van der Waals surface area (Å²) in [6.07, 6.45) is 6.07. The van der Waals surface area contributed by atoms with Crippen molar-refractivity contribution in [1.82, 2.24) is 4.98 Å². The van der Waals surface area contributed by atoms with Crippen molar-refractivity contribution in [3.05, 3.63) is 48.8 Å². The lowest BCUT2D eigenvalue weighted by Gasteiger charge is -2.33. The van der Waals surface area contributed by atoms with Gasteiger partial charge in [-0.2, -0.15) is 0 Å². The molecule has 1 amide bonds. The number of nitrogens with one attached hydrogen (secondary N) is 1. The number of carboxylic acid groups (broad SMARTS) is 1. The average molecular weight is 442 g/mol. The summed E-state index contributed by atoms with van der Waals surface area (Å²) in [6, 6.07) is 10.7. The number of piperidine rings is 1. The van der Waals surface area contributed by atoms with E-state index in [1.54, 1.807) is 36.7 Å². The second kappa shape index (κ2) is 12.1. The Morgan fingerprint density at radius 2 is 1.69 bits per heavy atom. The van der Waals surface area contributed by atoms with Crippen LogP contribution < -0.4 is 15.0 Å². The van der Waals surface area contributed by atoms with Gasteiger partial charge in [0.2, 0.25) is 5.91 Å². The van der Waals surface area contributed by atoms with Crippen molar-refractivity contribution in [2.45, 2.75) is 19.3 Å². The van der Waals surface area contributed by atoms with Crippen molar-refractivity contribution < 1.29 is 19.4 Å². The Morgan fingerprint density at radius 3 is 2.28 bits per heavy atom. The molecule has 0 atom stereocenters. The first-order valence-corrected chi connectivity index (χ1v) is 8.99. The van der Waals surface area contributed by atoms with E-state index in [0.717, 1.165) is 25.9 Å². The van der Waals surface area contributed by atoms with Crippen molar-refractivity contribution >= 4 is 48.1 Å². The fourth-order valence-corrected chi connectivity index (χ4v) is 3.20. The minimum absolute atomic E-state index is 0. The van der Waals surface area contributed by atoms with Gasteiger partial charge < -0.3 is 20.1 Å². The molecule has 1 aliphatic heterocycles. The molecule has 9 heteroatoms. The summed E-state index contributed by atoms with van der Waals surface area (Å²) in [6.45, 7) is 1.50. The zero-order valence-electron chi connectivity index (χ0n) is 15.8. The minimum Gasteiger partial charge on any atom is -0.482 e. The van der Waals surface area contributed by atoms with Crippen molar-refractivity contribution in [1.29, 1.82) is 0 Å². The first-order valence-electron chi connectivity index (χ1n) is 8.99. The maximum absolute atomic E-state index is 12.3. The van der Waals surface area contributed by atoms with Gasteiger partial charge in [-0.25, -0.2) is 4.79 Å². The Hall–Kier alpha value is -2.51. The zero-order chi connectivity index (χ0) is 19.1. The molecule has 2 N–H and O–H groups in total. The number of ether oxygens (including phenoxy) is 1. The molecule has 1 saturated heterocycles. The standard InChI is InChI=1S/C20H23N3O4.2ClH/c24-19(22-16-1-3-18(4-2-16)27-14-20(25)26)13-15-7-11-23(12-8-15)17-5-9-21-10-6-17;;/h1-6,9-10,15H,7-8,11-14H2,(H,22,24)(H,25,26);2*1H. The minimum atomic E-state index is -1.03. The highest BCUT2D eigenvalue weighted by molar-refractivity contribution is 5.90. The number of aliphatic carboxylic acids is 1. The van der Waals surface area contributed by atoms with Gasteiger partial charge >= 0.3 is 5.97 Å². The Bertz CT molecular complexity index is 767. The lowest BCUT2D eigenvalue weighted by molar-refractivity contribution is -0.139. The van der Waals surface area contributed by atoms with E-state index in [0.29, 0.717) is 23.8 Å². The van der Waals surface area contributed by atoms with Gasteiger partial charge in [-0.15, -0.1) is 24.8 Å². The highest BCUT2D eigenvalue weighted by atomic mass is 35.5. The van der Waals surface area contributed by atoms with Gasteiger partial charge in [0.25, 0.3) is 0 Å². The Balaban J connectivity index is 0.00000210. The fraction of sp³-hybridized carbons (Fsp3) is 0.350. The highest BCUT2D eigenvalue weighted by Crippen LogP contribution is 2.25. The first-order chi connectivity index (χ1) is 13.1. The molecule has 29 heavy (non-hydrogen) atoms. The molecule has 0 aliphatic carbocycles. The van der Waals surface area contributed by atoms with Gasteiger partial charge in [0.05, 0.1) is 0 Å². The number of rotatable bonds is 7. The predicted molar refractivity (Wildman–Crippen MR) is 116 cm³/mol. The van der Waals surface area contributed by atoms with E-state index in [4.69, 9.17) is 9.84 Å². The molecule has 1 aromatic carbocycles. The number of carbonyl (C=O) groups is 2. The molecule has 2 aromatic rings. The normalized spacial score (nSPS) is 13.6. The Kier molecular flexibility index (Phi) is 10.3. The fourth-order valence-electron chi connectivity index (χ4n) is 3.20. The highest BCUT2D eigenvalue weighted by Gasteiger charge is 2.21. The van der Waals surface area contributed by atoms with Crippen LogP contribution in [0.3, 0.4) is 0 Å². The molecule has 0 radical (unpaired) electrons. The molecule has 158 valence electrons. The van der Waals surface area contributed by atoms with Crippen LogP contribution >= 0.6 is 24.8 Å². The molecule has 2 heterocycles. The maximum Gasteiger partial charge on any atom is 0.341 e. The van der Waals surface area contributed by atoms with E-state index >= 15 is 0 Å². The lowest BCUT2D eigenvalue weighted by Crippen LogP contribution is -2.34. The average Bonchev–Trinajstić information content (AvgIpc) is 2.68. The van der Waals surface area contributed by atoms with Gasteiger partial charge in [0.1, 0.15) is 5.75 Å². The summed E-state index contributed by atoms with van der Waals surface area (Å²) in [4.78, 5) is 29.1. The summed E-state index contributed by atoms with van der Waals surface area (Å²) in [7, 11) is 0. The number of aromatic nitrogens is 1. The van der Waals surface area contributed by atoms with E-state index in [2.05, 4.69) is 15.2 Å². The molecule has 1 aliphatic rings. The second-order valence-electron chi connectivity index (χ2n) is 6.59. The Morgan fingerprint density at radius 1 is 1.07 bits per heavy atom. The summed E-state index contributed by atoms with van der Waals surface area (Å²) >= 11 is 0. The summed E-state index contributed by atoms with van der Waals surface area (Å²) < 4.78 is 5.07. The molecule has 3 rings (SSSR count). The first kappa shape index (κ1) is 24.5. The molecule has 0 bridgehead atoms. The summed E-state index contributed by atoms with van der Waals surface area (Å²) in [5.41, 5.74) is 1.86. The van der Waals surface area contributed by atoms with Crippen LogP contribution in [0, 0.1) is 5.92 Å². The number of carbonyl (C=O) groups excluding carboxylic acids is 1. The van der Waals surface area contributed by atoms with E-state index in [9.17, 15) is 9.59 Å². The number of hydrogen-bond donors (Lipinski definition) is 2. The third kappa shape index (κ3) is 7.79. The van der Waals surface area contributed by atoms with Crippen LogP contribution in [-0.2, 0) is 9.59 Å². The largest absolute Gasteiger partial charge is 0.482 e. The van der Waals surface area contributed by atoms with Crippen LogP contribution in [0.1, 0.15) is 19.3 Å². The van der Waals surface area contributed by atoms with Gasteiger partial charge in [0.15, 0.2) is 6.61 Å². The van der Waals surface area contributed by atoms with E-state index in [1.807, 2.05) is 12.1 Å². The van der Waals surface area contributed by atoms with Crippen LogP contribution in [0.2, 0.25) is 0 Å². The third-order valence-corrected chi connectivity index (χ3v) is 4.62. The number of nitrogens with zero attached hydrogens (tertiary/aromatic N) is 2. The third-order valence-electron chi connectivity index (χ3n) is 4.62. The van der Waals surface area contributed by atoms with Crippen molar-refractivity contribution in [2.24, 2.45) is 5.92 Å². The molecule has 7 nitrogen and oxygen atoms in total. The molecular weight excluding hydrogens is 417 g/mol. The van der Waals surface area contributed by atoms with Crippen molar-refractivity contribution in [3.8, 4) is 5.75 Å². The van der Waals surface area contributed by atoms with Crippen LogP contribution in [0.4, 0.5) is 11.4 Å². The van der Waals surface area contributed by atoms with E-state index < -0.39 is 5.97 Å². The van der Waals surface area contributed by atoms with E-state index in [1.165, 1.54) is 5.69 Å².